The van der Waals surface area contributed by atoms with E-state index in [2.05, 4.69) is 0 Å². The molecule has 1 saturated carbocycles. The Hall–Kier alpha value is -0.770. The number of hydrogen-bond donors (Lipinski definition) is 1. The number of nitrogens with zero attached hydrogens (tertiary/aromatic N) is 1. The normalized spacial score (nSPS) is 20.5. The van der Waals surface area contributed by atoms with Crippen molar-refractivity contribution in [2.24, 2.45) is 5.73 Å². The van der Waals surface area contributed by atoms with Gasteiger partial charge in [-0.05, 0) is 12.8 Å². The van der Waals surface area contributed by atoms with Crippen LogP contribution in [0.4, 0.5) is 4.79 Å². The Kier molecular flexibility index (Phi) is 4.39. The Morgan fingerprint density at radius 1 is 1.33 bits per heavy atom. The van der Waals surface area contributed by atoms with Gasteiger partial charge in [-0.15, -0.1) is 0 Å². The van der Waals surface area contributed by atoms with Crippen LogP contribution in [0.15, 0.2) is 0 Å². The maximum Gasteiger partial charge on any atom is 0.409 e. The standard InChI is InChI=1S/C11H22N2O2/c1-13(10(14)15-2)11(9-12)7-5-3-4-6-8-11/h3-9,12H2,1-2H3. The first-order valence-electron chi connectivity index (χ1n) is 5.68. The van der Waals surface area contributed by atoms with Crippen LogP contribution in [0.1, 0.15) is 38.5 Å². The van der Waals surface area contributed by atoms with E-state index in [1.165, 1.54) is 20.0 Å². The summed E-state index contributed by atoms with van der Waals surface area (Å²) >= 11 is 0. The van der Waals surface area contributed by atoms with Crippen molar-refractivity contribution in [3.8, 4) is 0 Å². The molecule has 0 atom stereocenters. The van der Waals surface area contributed by atoms with Gasteiger partial charge < -0.3 is 15.4 Å². The number of carbonyl (C=O) groups excluding carboxylic acids is 1. The average molecular weight is 214 g/mol. The number of carbonyl (C=O) groups is 1. The molecule has 0 saturated heterocycles. The summed E-state index contributed by atoms with van der Waals surface area (Å²) in [6.45, 7) is 0.526. The van der Waals surface area contributed by atoms with Crippen LogP contribution < -0.4 is 5.73 Å². The molecule has 0 aromatic carbocycles. The Labute approximate surface area is 91.8 Å². The van der Waals surface area contributed by atoms with E-state index < -0.39 is 0 Å². The number of likely N-dealkylation sites (N-methyl/N-ethyl adjacent to an activating group) is 1. The van der Waals surface area contributed by atoms with E-state index in [0.717, 1.165) is 25.7 Å². The Bertz CT molecular complexity index is 211. The quantitative estimate of drug-likeness (QED) is 0.712. The summed E-state index contributed by atoms with van der Waals surface area (Å²) in [5, 5.41) is 0. The maximum absolute atomic E-state index is 11.5. The molecule has 0 radical (unpaired) electrons. The Balaban J connectivity index is 2.76. The van der Waals surface area contributed by atoms with Crippen LogP contribution in [0.5, 0.6) is 0 Å². The zero-order chi connectivity index (χ0) is 11.3. The molecular weight excluding hydrogens is 192 g/mol. The van der Waals surface area contributed by atoms with Gasteiger partial charge in [0.05, 0.1) is 12.6 Å². The molecule has 1 aliphatic carbocycles. The van der Waals surface area contributed by atoms with Gasteiger partial charge in [0.25, 0.3) is 0 Å². The van der Waals surface area contributed by atoms with Gasteiger partial charge in [0.1, 0.15) is 0 Å². The third kappa shape index (κ3) is 2.62. The summed E-state index contributed by atoms with van der Waals surface area (Å²) in [7, 11) is 3.21. The van der Waals surface area contributed by atoms with Gasteiger partial charge >= 0.3 is 6.09 Å². The molecule has 1 fully saturated rings. The summed E-state index contributed by atoms with van der Waals surface area (Å²) in [4.78, 5) is 13.2. The highest BCUT2D eigenvalue weighted by atomic mass is 16.5. The SMILES string of the molecule is COC(=O)N(C)C1(CN)CCCCCC1. The van der Waals surface area contributed by atoms with Crippen molar-refractivity contribution in [1.82, 2.24) is 4.90 Å². The highest BCUT2D eigenvalue weighted by Crippen LogP contribution is 2.31. The van der Waals surface area contributed by atoms with Crippen LogP contribution in [-0.4, -0.2) is 37.2 Å². The fraction of sp³-hybridized carbons (Fsp3) is 0.909. The molecule has 1 aliphatic rings. The van der Waals surface area contributed by atoms with Gasteiger partial charge in [0, 0.05) is 13.6 Å². The predicted octanol–water partition coefficient (Wildman–Crippen LogP) is 1.74. The monoisotopic (exact) mass is 214 g/mol. The lowest BCUT2D eigenvalue weighted by molar-refractivity contribution is 0.0728. The van der Waals surface area contributed by atoms with Gasteiger partial charge in [-0.3, -0.25) is 0 Å². The largest absolute Gasteiger partial charge is 0.453 e. The second kappa shape index (κ2) is 5.35. The molecular formula is C11H22N2O2. The molecule has 1 amide bonds. The molecule has 0 spiro atoms. The lowest BCUT2D eigenvalue weighted by Crippen LogP contribution is -2.54. The molecule has 1 rings (SSSR count). The lowest BCUT2D eigenvalue weighted by atomic mass is 9.89. The molecule has 88 valence electrons. The first-order chi connectivity index (χ1) is 7.16. The van der Waals surface area contributed by atoms with Crippen molar-refractivity contribution < 1.29 is 9.53 Å². The number of rotatable bonds is 2. The average Bonchev–Trinajstić information content (AvgIpc) is 2.53. The minimum Gasteiger partial charge on any atom is -0.453 e. The first-order valence-corrected chi connectivity index (χ1v) is 5.68. The van der Waals surface area contributed by atoms with Crippen molar-refractivity contribution in [1.29, 1.82) is 0 Å². The van der Waals surface area contributed by atoms with Crippen LogP contribution in [0.25, 0.3) is 0 Å². The summed E-state index contributed by atoms with van der Waals surface area (Å²) in [6, 6.07) is 0. The molecule has 2 N–H and O–H groups in total. The molecule has 4 heteroatoms. The van der Waals surface area contributed by atoms with Gasteiger partial charge in [-0.2, -0.15) is 0 Å². The number of amides is 1. The molecule has 0 aliphatic heterocycles. The van der Waals surface area contributed by atoms with Crippen molar-refractivity contribution in [3.63, 3.8) is 0 Å². The molecule has 0 aromatic heterocycles. The van der Waals surface area contributed by atoms with Crippen LogP contribution in [0.3, 0.4) is 0 Å². The highest BCUT2D eigenvalue weighted by molar-refractivity contribution is 5.68. The van der Waals surface area contributed by atoms with E-state index in [0.29, 0.717) is 6.54 Å². The summed E-state index contributed by atoms with van der Waals surface area (Å²) < 4.78 is 4.76. The van der Waals surface area contributed by atoms with Crippen LogP contribution in [0, 0.1) is 0 Å². The first kappa shape index (κ1) is 12.3. The lowest BCUT2D eigenvalue weighted by Gasteiger charge is -2.39. The number of nitrogens with two attached hydrogens (primary N) is 1. The molecule has 15 heavy (non-hydrogen) atoms. The van der Waals surface area contributed by atoms with Crippen molar-refractivity contribution in [2.45, 2.75) is 44.1 Å². The number of hydrogen-bond acceptors (Lipinski definition) is 3. The van der Waals surface area contributed by atoms with E-state index in [1.54, 1.807) is 11.9 Å². The predicted molar refractivity (Wildman–Crippen MR) is 59.7 cm³/mol. The third-order valence-electron chi connectivity index (χ3n) is 3.57. The smallest absolute Gasteiger partial charge is 0.409 e. The van der Waals surface area contributed by atoms with Crippen molar-refractivity contribution in [2.75, 3.05) is 20.7 Å². The van der Waals surface area contributed by atoms with E-state index in [-0.39, 0.29) is 11.6 Å². The summed E-state index contributed by atoms with van der Waals surface area (Å²) in [6.07, 6.45) is 6.51. The third-order valence-corrected chi connectivity index (χ3v) is 3.57. The minimum atomic E-state index is -0.276. The fourth-order valence-corrected chi connectivity index (χ4v) is 2.39. The van der Waals surface area contributed by atoms with E-state index in [1.807, 2.05) is 0 Å². The van der Waals surface area contributed by atoms with Crippen molar-refractivity contribution in [3.05, 3.63) is 0 Å². The van der Waals surface area contributed by atoms with Crippen LogP contribution in [0.2, 0.25) is 0 Å². The van der Waals surface area contributed by atoms with Crippen molar-refractivity contribution >= 4 is 6.09 Å². The van der Waals surface area contributed by atoms with Gasteiger partial charge in [0.2, 0.25) is 0 Å². The minimum absolute atomic E-state index is 0.177. The van der Waals surface area contributed by atoms with Gasteiger partial charge in [0.15, 0.2) is 0 Å². The summed E-state index contributed by atoms with van der Waals surface area (Å²) in [5.41, 5.74) is 5.67. The zero-order valence-corrected chi connectivity index (χ0v) is 9.79. The topological polar surface area (TPSA) is 55.6 Å². The van der Waals surface area contributed by atoms with Gasteiger partial charge in [-0.1, -0.05) is 25.7 Å². The Morgan fingerprint density at radius 2 is 1.87 bits per heavy atom. The number of ether oxygens (including phenoxy) is 1. The van der Waals surface area contributed by atoms with Crippen LogP contribution in [-0.2, 0) is 4.74 Å². The van der Waals surface area contributed by atoms with E-state index in [4.69, 9.17) is 10.5 Å². The van der Waals surface area contributed by atoms with Gasteiger partial charge in [-0.25, -0.2) is 4.79 Å². The van der Waals surface area contributed by atoms with E-state index >= 15 is 0 Å². The van der Waals surface area contributed by atoms with E-state index in [9.17, 15) is 4.79 Å². The second-order valence-corrected chi connectivity index (χ2v) is 4.37. The molecule has 0 bridgehead atoms. The molecule has 0 aromatic rings. The summed E-state index contributed by atoms with van der Waals surface area (Å²) in [5.74, 6) is 0. The Morgan fingerprint density at radius 3 is 2.27 bits per heavy atom. The second-order valence-electron chi connectivity index (χ2n) is 4.37. The molecule has 0 heterocycles. The fourth-order valence-electron chi connectivity index (χ4n) is 2.39. The molecule has 4 nitrogen and oxygen atoms in total. The van der Waals surface area contributed by atoms with Crippen LogP contribution >= 0.6 is 0 Å². The highest BCUT2D eigenvalue weighted by Gasteiger charge is 2.36. The number of methoxy groups -OCH3 is 1. The zero-order valence-electron chi connectivity index (χ0n) is 9.79. The maximum atomic E-state index is 11.5. The molecule has 0 unspecified atom stereocenters.